The van der Waals surface area contributed by atoms with Gasteiger partial charge in [0, 0.05) is 12.8 Å². The molecule has 0 amide bonds. The van der Waals surface area contributed by atoms with Crippen molar-refractivity contribution in [2.45, 2.75) is 154 Å². The Morgan fingerprint density at radius 2 is 1.05 bits per heavy atom. The molecule has 0 saturated carbocycles. The molecule has 11 heteroatoms. The third-order valence-electron chi connectivity index (χ3n) is 6.75. The van der Waals surface area contributed by atoms with Gasteiger partial charge in [0.05, 0.1) is 19.8 Å². The predicted molar refractivity (Wildman–Crippen MR) is 159 cm³/mol. The van der Waals surface area contributed by atoms with Crippen molar-refractivity contribution in [3.63, 3.8) is 0 Å². The number of carbonyl (C=O) groups excluding carboxylic acids is 2. The van der Waals surface area contributed by atoms with Crippen LogP contribution >= 0.6 is 7.82 Å². The van der Waals surface area contributed by atoms with Crippen molar-refractivity contribution in [2.75, 3.05) is 26.4 Å². The predicted octanol–water partition coefficient (Wildman–Crippen LogP) is 6.77. The molecule has 0 aromatic carbocycles. The van der Waals surface area contributed by atoms with Crippen LogP contribution in [0.25, 0.3) is 0 Å². The number of carbonyl (C=O) groups is 2. The highest BCUT2D eigenvalue weighted by Crippen LogP contribution is 2.35. The largest absolute Gasteiger partial charge is 0.469 e. The maximum Gasteiger partial charge on any atom is 0.469 e. The van der Waals surface area contributed by atoms with Crippen LogP contribution in [0.3, 0.4) is 0 Å². The van der Waals surface area contributed by atoms with Gasteiger partial charge >= 0.3 is 19.8 Å². The highest BCUT2D eigenvalue weighted by molar-refractivity contribution is 7.46. The van der Waals surface area contributed by atoms with Crippen LogP contribution in [0.1, 0.15) is 142 Å². The van der Waals surface area contributed by atoms with E-state index in [0.717, 1.165) is 44.9 Å². The first kappa shape index (κ1) is 40.0. The fourth-order valence-electron chi connectivity index (χ4n) is 4.35. The van der Waals surface area contributed by atoms with Crippen molar-refractivity contribution < 1.29 is 47.8 Å². The summed E-state index contributed by atoms with van der Waals surface area (Å²) < 4.78 is 31.2. The van der Waals surface area contributed by atoms with Crippen LogP contribution in [0.15, 0.2) is 0 Å². The summed E-state index contributed by atoms with van der Waals surface area (Å²) in [4.78, 5) is 42.1. The van der Waals surface area contributed by atoms with E-state index in [9.17, 15) is 19.3 Å². The standard InChI is InChI=1S/C30H59O10P/c1-3-5-7-9-11-13-15-17-19-21-29(32)38-26-28(25-37-23-27(31)24-39-41(34,35)36)40-30(33)22-20-18-16-14-12-10-8-6-4-2/h27-28,31H,3-26H2,1-2H3,(H2,34,35,36)/t27-,28+/m1/s1. The zero-order valence-electron chi connectivity index (χ0n) is 25.8. The van der Waals surface area contributed by atoms with Crippen LogP contribution in [0.2, 0.25) is 0 Å². The number of phosphoric ester groups is 1. The van der Waals surface area contributed by atoms with Gasteiger partial charge in [0.15, 0.2) is 6.10 Å². The molecular weight excluding hydrogens is 551 g/mol. The molecule has 0 aliphatic rings. The molecule has 3 N–H and O–H groups in total. The zero-order valence-corrected chi connectivity index (χ0v) is 26.7. The van der Waals surface area contributed by atoms with Gasteiger partial charge in [-0.25, -0.2) is 4.57 Å². The monoisotopic (exact) mass is 610 g/mol. The number of ether oxygens (including phenoxy) is 3. The molecule has 244 valence electrons. The van der Waals surface area contributed by atoms with Gasteiger partial charge in [-0.05, 0) is 12.8 Å². The van der Waals surface area contributed by atoms with Crippen molar-refractivity contribution in [3.05, 3.63) is 0 Å². The fourth-order valence-corrected chi connectivity index (χ4v) is 4.71. The lowest BCUT2D eigenvalue weighted by molar-refractivity contribution is -0.163. The van der Waals surface area contributed by atoms with E-state index in [4.69, 9.17) is 24.0 Å². The summed E-state index contributed by atoms with van der Waals surface area (Å²) in [6, 6.07) is 0. The van der Waals surface area contributed by atoms with E-state index in [-0.39, 0.29) is 32.2 Å². The summed E-state index contributed by atoms with van der Waals surface area (Å²) in [7, 11) is -4.70. The molecule has 2 atom stereocenters. The van der Waals surface area contributed by atoms with Gasteiger partial charge in [-0.2, -0.15) is 0 Å². The van der Waals surface area contributed by atoms with E-state index < -0.39 is 32.6 Å². The molecule has 0 aromatic heterocycles. The van der Waals surface area contributed by atoms with E-state index in [1.807, 2.05) is 0 Å². The molecule has 0 unspecified atom stereocenters. The molecule has 0 bridgehead atoms. The normalized spacial score (nSPS) is 13.2. The Kier molecular flexibility index (Phi) is 27.1. The Balaban J connectivity index is 4.35. The minimum Gasteiger partial charge on any atom is -0.462 e. The quantitative estimate of drug-likeness (QED) is 0.0452. The summed E-state index contributed by atoms with van der Waals surface area (Å²) in [5, 5.41) is 9.80. The Morgan fingerprint density at radius 1 is 0.610 bits per heavy atom. The Bertz CT molecular complexity index is 670. The van der Waals surface area contributed by atoms with Crippen LogP contribution < -0.4 is 0 Å². The van der Waals surface area contributed by atoms with Gasteiger partial charge < -0.3 is 29.1 Å². The molecule has 0 spiro atoms. The third-order valence-corrected chi connectivity index (χ3v) is 7.23. The highest BCUT2D eigenvalue weighted by atomic mass is 31.2. The van der Waals surface area contributed by atoms with E-state index >= 15 is 0 Å². The van der Waals surface area contributed by atoms with Gasteiger partial charge in [0.2, 0.25) is 0 Å². The summed E-state index contributed by atoms with van der Waals surface area (Å²) >= 11 is 0. The topological polar surface area (TPSA) is 149 Å². The van der Waals surface area contributed by atoms with Gasteiger partial charge in [-0.1, -0.05) is 117 Å². The number of unbranched alkanes of at least 4 members (excludes halogenated alkanes) is 16. The van der Waals surface area contributed by atoms with Gasteiger partial charge in [0.1, 0.15) is 12.7 Å². The molecule has 41 heavy (non-hydrogen) atoms. The Labute approximate surface area is 248 Å². The molecule has 0 rings (SSSR count). The minimum absolute atomic E-state index is 0.137. The second-order valence-corrected chi connectivity index (χ2v) is 12.2. The average Bonchev–Trinajstić information content (AvgIpc) is 2.92. The summed E-state index contributed by atoms with van der Waals surface area (Å²) in [5.41, 5.74) is 0. The van der Waals surface area contributed by atoms with Crippen molar-refractivity contribution in [3.8, 4) is 0 Å². The molecule has 0 aliphatic heterocycles. The van der Waals surface area contributed by atoms with Gasteiger partial charge in [-0.3, -0.25) is 14.1 Å². The molecule has 10 nitrogen and oxygen atoms in total. The molecule has 0 saturated heterocycles. The number of hydrogen-bond acceptors (Lipinski definition) is 8. The second-order valence-electron chi connectivity index (χ2n) is 10.9. The van der Waals surface area contributed by atoms with Crippen LogP contribution in [0.4, 0.5) is 0 Å². The Hall–Kier alpha value is -1.03. The lowest BCUT2D eigenvalue weighted by Gasteiger charge is -2.19. The lowest BCUT2D eigenvalue weighted by Crippen LogP contribution is -2.32. The van der Waals surface area contributed by atoms with Crippen molar-refractivity contribution in [2.24, 2.45) is 0 Å². The van der Waals surface area contributed by atoms with Crippen LogP contribution in [0.5, 0.6) is 0 Å². The average molecular weight is 611 g/mol. The first-order chi connectivity index (χ1) is 19.7. The fraction of sp³-hybridized carbons (Fsp3) is 0.933. The lowest BCUT2D eigenvalue weighted by atomic mass is 10.1. The van der Waals surface area contributed by atoms with E-state index in [1.165, 1.54) is 70.6 Å². The first-order valence-corrected chi connectivity index (χ1v) is 17.5. The summed E-state index contributed by atoms with van der Waals surface area (Å²) in [6.07, 6.45) is 18.9. The first-order valence-electron chi connectivity index (χ1n) is 16.0. The number of esters is 2. The van der Waals surface area contributed by atoms with Crippen molar-refractivity contribution in [1.82, 2.24) is 0 Å². The molecule has 0 fully saturated rings. The minimum atomic E-state index is -4.70. The molecular formula is C30H59O10P. The molecule has 0 radical (unpaired) electrons. The smallest absolute Gasteiger partial charge is 0.462 e. The van der Waals surface area contributed by atoms with Crippen LogP contribution in [-0.4, -0.2) is 65.5 Å². The number of phosphoric acid groups is 1. The summed E-state index contributed by atoms with van der Waals surface area (Å²) in [5.74, 6) is -0.759. The molecule has 0 heterocycles. The third kappa shape index (κ3) is 30.2. The number of aliphatic hydroxyl groups is 1. The van der Waals surface area contributed by atoms with Crippen LogP contribution in [-0.2, 0) is 32.9 Å². The highest BCUT2D eigenvalue weighted by Gasteiger charge is 2.20. The van der Waals surface area contributed by atoms with Gasteiger partial charge in [0.25, 0.3) is 0 Å². The van der Waals surface area contributed by atoms with E-state index in [2.05, 4.69) is 18.4 Å². The maximum atomic E-state index is 12.4. The second kappa shape index (κ2) is 27.8. The van der Waals surface area contributed by atoms with Gasteiger partial charge in [-0.15, -0.1) is 0 Å². The van der Waals surface area contributed by atoms with E-state index in [1.54, 1.807) is 0 Å². The van der Waals surface area contributed by atoms with Crippen molar-refractivity contribution in [1.29, 1.82) is 0 Å². The van der Waals surface area contributed by atoms with E-state index in [0.29, 0.717) is 6.42 Å². The molecule has 0 aliphatic carbocycles. The maximum absolute atomic E-state index is 12.4. The number of hydrogen-bond donors (Lipinski definition) is 3. The van der Waals surface area contributed by atoms with Crippen molar-refractivity contribution >= 4 is 19.8 Å². The number of aliphatic hydroxyl groups excluding tert-OH is 1. The zero-order chi connectivity index (χ0) is 30.6. The molecule has 0 aromatic rings. The Morgan fingerprint density at radius 3 is 1.51 bits per heavy atom. The summed E-state index contributed by atoms with van der Waals surface area (Å²) in [6.45, 7) is 3.21. The van der Waals surface area contributed by atoms with Crippen LogP contribution in [0, 0.1) is 0 Å². The SMILES string of the molecule is CCCCCCCCCCCC(=O)OC[C@H](COC[C@@H](O)COP(=O)(O)O)OC(=O)CCCCCCCCCCC. The number of rotatable bonds is 30.